The van der Waals surface area contributed by atoms with Gasteiger partial charge in [-0.1, -0.05) is 74.7 Å². The number of fused-ring (bicyclic) bond motifs is 1. The summed E-state index contributed by atoms with van der Waals surface area (Å²) >= 11 is 0. The van der Waals surface area contributed by atoms with E-state index in [-0.39, 0.29) is 54.4 Å². The van der Waals surface area contributed by atoms with Crippen LogP contribution >= 0.6 is 0 Å². The van der Waals surface area contributed by atoms with Crippen LogP contribution in [0.1, 0.15) is 93.9 Å². The molecule has 46 heavy (non-hydrogen) atoms. The zero-order valence-electron chi connectivity index (χ0n) is 28.5. The first-order valence-electron chi connectivity index (χ1n) is 16.5. The summed E-state index contributed by atoms with van der Waals surface area (Å²) in [5.74, 6) is -3.34. The normalized spacial score (nSPS) is 26.0. The Morgan fingerprint density at radius 3 is 1.98 bits per heavy atom. The number of urea groups is 1. The number of carbonyl (C=O) groups is 7. The molecule has 2 aliphatic carbocycles. The van der Waals surface area contributed by atoms with Gasteiger partial charge in [-0.05, 0) is 40.4 Å². The molecule has 0 aromatic heterocycles. The lowest BCUT2D eigenvalue weighted by atomic mass is 9.80. The maximum Gasteiger partial charge on any atom is 0.315 e. The lowest BCUT2D eigenvalue weighted by Gasteiger charge is -2.39. The second-order valence-electron chi connectivity index (χ2n) is 16.4. The molecular formula is C33H52N6O7. The second-order valence-corrected chi connectivity index (χ2v) is 16.4. The Kier molecular flexibility index (Phi) is 9.68. The summed E-state index contributed by atoms with van der Waals surface area (Å²) in [6.45, 7) is 15.5. The number of hydrogen-bond donors (Lipinski definition) is 4. The summed E-state index contributed by atoms with van der Waals surface area (Å²) < 4.78 is 0. The number of piperidine rings is 1. The molecule has 0 spiro atoms. The highest BCUT2D eigenvalue weighted by molar-refractivity contribution is 6.37. The number of nitrogens with two attached hydrogens (primary N) is 1. The number of primary amides is 1. The van der Waals surface area contributed by atoms with Gasteiger partial charge in [0.15, 0.2) is 0 Å². The third-order valence-electron chi connectivity index (χ3n) is 10.7. The summed E-state index contributed by atoms with van der Waals surface area (Å²) in [5, 5.41) is 8.50. The summed E-state index contributed by atoms with van der Waals surface area (Å²) in [7, 11) is 0. The number of Topliss-reactive ketones (excluding diaryl/α,β-unsaturated/α-hetero) is 1. The number of imide groups is 1. The van der Waals surface area contributed by atoms with E-state index >= 15 is 0 Å². The highest BCUT2D eigenvalue weighted by Gasteiger charge is 2.70. The van der Waals surface area contributed by atoms with Gasteiger partial charge in [0.2, 0.25) is 29.4 Å². The van der Waals surface area contributed by atoms with Crippen LogP contribution in [0, 0.1) is 34.0 Å². The Balaban J connectivity index is 1.52. The van der Waals surface area contributed by atoms with Crippen molar-refractivity contribution in [1.29, 1.82) is 0 Å². The van der Waals surface area contributed by atoms with Crippen LogP contribution < -0.4 is 21.7 Å². The van der Waals surface area contributed by atoms with E-state index in [1.54, 1.807) is 0 Å². The zero-order chi connectivity index (χ0) is 34.5. The summed E-state index contributed by atoms with van der Waals surface area (Å²) in [6, 6.07) is -4.20. The predicted octanol–water partition coefficient (Wildman–Crippen LogP) is 1.48. The van der Waals surface area contributed by atoms with Crippen molar-refractivity contribution in [3.05, 3.63) is 0 Å². The second kappa shape index (κ2) is 12.6. The standard InChI is InChI=1S/C33H52N6O7/c1-31(2,3)20(16-38-21(40)12-13-22(38)41)36-30(46)37-26(32(4,5)6)29(45)39-15-18-23(33(18,7)8)24(39)28(44)35-19(25(42)27(34)43)14-17-10-9-11-17/h17-20,23-24,26H,9-16H2,1-8H3,(H2,34,43)(H,35,44)(H2,36,37,46)/t18-,19?,20+,23-,24-,26+/m0/s1. The number of rotatable bonds is 11. The number of carbonyl (C=O) groups excluding carboxylic acids is 7. The van der Waals surface area contributed by atoms with E-state index in [9.17, 15) is 33.6 Å². The highest BCUT2D eigenvalue weighted by Crippen LogP contribution is 2.65. The molecule has 0 bridgehead atoms. The van der Waals surface area contributed by atoms with Crippen LogP contribution in [-0.2, 0) is 28.8 Å². The maximum absolute atomic E-state index is 14.3. The van der Waals surface area contributed by atoms with Crippen LogP contribution in [0.3, 0.4) is 0 Å². The zero-order valence-corrected chi connectivity index (χ0v) is 28.5. The first-order valence-corrected chi connectivity index (χ1v) is 16.5. The fourth-order valence-electron chi connectivity index (χ4n) is 7.23. The molecule has 2 heterocycles. The highest BCUT2D eigenvalue weighted by atomic mass is 16.2. The monoisotopic (exact) mass is 644 g/mol. The largest absolute Gasteiger partial charge is 0.363 e. The molecule has 5 N–H and O–H groups in total. The fraction of sp³-hybridized carbons (Fsp3) is 0.788. The first-order chi connectivity index (χ1) is 21.1. The van der Waals surface area contributed by atoms with Gasteiger partial charge in [-0.2, -0.15) is 0 Å². The summed E-state index contributed by atoms with van der Waals surface area (Å²) in [5.41, 5.74) is 3.84. The van der Waals surface area contributed by atoms with Crippen molar-refractivity contribution in [3.63, 3.8) is 0 Å². The molecule has 4 aliphatic rings. The van der Waals surface area contributed by atoms with Gasteiger partial charge in [-0.25, -0.2) is 4.79 Å². The van der Waals surface area contributed by atoms with Crippen molar-refractivity contribution in [2.24, 2.45) is 39.7 Å². The quantitative estimate of drug-likeness (QED) is 0.194. The first kappa shape index (κ1) is 35.3. The van der Waals surface area contributed by atoms with Crippen molar-refractivity contribution < 1.29 is 33.6 Å². The average molecular weight is 645 g/mol. The molecule has 0 radical (unpaired) electrons. The van der Waals surface area contributed by atoms with Crippen molar-refractivity contribution in [3.8, 4) is 0 Å². The number of amides is 7. The van der Waals surface area contributed by atoms with Crippen LogP contribution in [0.5, 0.6) is 0 Å². The molecule has 0 aromatic carbocycles. The van der Waals surface area contributed by atoms with Gasteiger partial charge in [0.1, 0.15) is 12.1 Å². The molecular weight excluding hydrogens is 592 g/mol. The molecule has 2 aliphatic heterocycles. The number of ketones is 1. The molecule has 2 saturated carbocycles. The van der Waals surface area contributed by atoms with Gasteiger partial charge in [0.25, 0.3) is 5.91 Å². The van der Waals surface area contributed by atoms with Crippen LogP contribution in [0.25, 0.3) is 0 Å². The Morgan fingerprint density at radius 1 is 0.913 bits per heavy atom. The summed E-state index contributed by atoms with van der Waals surface area (Å²) in [6.07, 6.45) is 3.45. The molecule has 0 aromatic rings. The molecule has 4 fully saturated rings. The minimum atomic E-state index is -1.11. The van der Waals surface area contributed by atoms with Gasteiger partial charge in [0, 0.05) is 25.9 Å². The molecule has 6 atom stereocenters. The van der Waals surface area contributed by atoms with Crippen LogP contribution in [0.15, 0.2) is 0 Å². The number of nitrogens with one attached hydrogen (secondary N) is 3. The Morgan fingerprint density at radius 2 is 1.50 bits per heavy atom. The average Bonchev–Trinajstić information content (AvgIpc) is 3.20. The van der Waals surface area contributed by atoms with Crippen molar-refractivity contribution in [1.82, 2.24) is 25.8 Å². The van der Waals surface area contributed by atoms with E-state index in [1.807, 2.05) is 55.4 Å². The Labute approximate surface area is 271 Å². The van der Waals surface area contributed by atoms with Crippen molar-refractivity contribution in [2.45, 2.75) is 118 Å². The van der Waals surface area contributed by atoms with E-state index in [0.29, 0.717) is 13.0 Å². The van der Waals surface area contributed by atoms with E-state index in [1.165, 1.54) is 9.80 Å². The number of hydrogen-bond acceptors (Lipinski definition) is 7. The van der Waals surface area contributed by atoms with Gasteiger partial charge < -0.3 is 26.6 Å². The Hall–Kier alpha value is -3.51. The lowest BCUT2D eigenvalue weighted by molar-refractivity contribution is -0.145. The van der Waals surface area contributed by atoms with E-state index in [0.717, 1.165) is 19.3 Å². The number of nitrogens with zero attached hydrogens (tertiary/aromatic N) is 2. The van der Waals surface area contributed by atoms with Crippen molar-refractivity contribution in [2.75, 3.05) is 13.1 Å². The molecule has 256 valence electrons. The Bertz CT molecular complexity index is 1280. The molecule has 7 amide bonds. The molecule has 13 nitrogen and oxygen atoms in total. The fourth-order valence-corrected chi connectivity index (χ4v) is 7.23. The van der Waals surface area contributed by atoms with Gasteiger partial charge in [-0.3, -0.25) is 33.7 Å². The number of likely N-dealkylation sites (tertiary alicyclic amines) is 2. The summed E-state index contributed by atoms with van der Waals surface area (Å²) in [4.78, 5) is 93.5. The molecule has 1 unspecified atom stereocenters. The topological polar surface area (TPSA) is 188 Å². The SMILES string of the molecule is CC(C)(C)[C@H](NC(=O)N[C@H](CN1C(=O)CCC1=O)C(C)(C)C)C(=O)N1C[C@H]2[C@@H]([C@H]1C(=O)NC(CC1CCC1)C(=O)C(N)=O)C2(C)C. The van der Waals surface area contributed by atoms with Crippen LogP contribution in [-0.4, -0.2) is 88.4 Å². The third-order valence-corrected chi connectivity index (χ3v) is 10.7. The van der Waals surface area contributed by atoms with Crippen LogP contribution in [0.2, 0.25) is 0 Å². The van der Waals surface area contributed by atoms with Crippen LogP contribution in [0.4, 0.5) is 4.79 Å². The van der Waals surface area contributed by atoms with Gasteiger partial charge in [0.05, 0.1) is 12.1 Å². The lowest BCUT2D eigenvalue weighted by Crippen LogP contribution is -2.63. The van der Waals surface area contributed by atoms with E-state index in [4.69, 9.17) is 5.73 Å². The minimum absolute atomic E-state index is 0.0155. The minimum Gasteiger partial charge on any atom is -0.363 e. The van der Waals surface area contributed by atoms with Gasteiger partial charge >= 0.3 is 6.03 Å². The molecule has 2 saturated heterocycles. The maximum atomic E-state index is 14.3. The molecule has 4 rings (SSSR count). The van der Waals surface area contributed by atoms with Crippen molar-refractivity contribution >= 4 is 41.4 Å². The smallest absolute Gasteiger partial charge is 0.315 e. The molecule has 13 heteroatoms. The van der Waals surface area contributed by atoms with Gasteiger partial charge in [-0.15, -0.1) is 0 Å². The van der Waals surface area contributed by atoms with E-state index in [2.05, 4.69) is 16.0 Å². The third kappa shape index (κ3) is 7.22. The predicted molar refractivity (Wildman–Crippen MR) is 168 cm³/mol. The van der Waals surface area contributed by atoms with E-state index < -0.39 is 64.5 Å².